The Bertz CT molecular complexity index is 436. The first-order chi connectivity index (χ1) is 8.36. The molecule has 0 unspecified atom stereocenters. The molecule has 0 amide bonds. The van der Waals surface area contributed by atoms with E-state index in [4.69, 9.17) is 16.3 Å². The second-order valence-corrected chi connectivity index (χ2v) is 3.52. The van der Waals surface area contributed by atoms with Crippen LogP contribution in [0.1, 0.15) is 5.56 Å². The SMILES string of the molecule is Clc1ccccc1COc1cc[c-]cc1.[Zn+][Br]. The number of rotatable bonds is 3. The van der Waals surface area contributed by atoms with Crippen LogP contribution in [0.25, 0.3) is 0 Å². The summed E-state index contributed by atoms with van der Waals surface area (Å²) in [7, 11) is 0. The van der Waals surface area contributed by atoms with Crippen LogP contribution in [0.5, 0.6) is 5.75 Å². The molecule has 0 saturated carbocycles. The monoisotopic (exact) mass is 360 g/mol. The van der Waals surface area contributed by atoms with Crippen LogP contribution < -0.4 is 4.74 Å². The fourth-order valence-corrected chi connectivity index (χ4v) is 1.43. The molecule has 0 aliphatic heterocycles. The Morgan fingerprint density at radius 2 is 1.76 bits per heavy atom. The van der Waals surface area contributed by atoms with E-state index in [9.17, 15) is 0 Å². The molecule has 0 N–H and O–H groups in total. The molecule has 17 heavy (non-hydrogen) atoms. The van der Waals surface area contributed by atoms with E-state index in [0.717, 1.165) is 16.3 Å². The molecular formula is C13H10BrClOZn. The van der Waals surface area contributed by atoms with Crippen LogP contribution in [0, 0.1) is 6.07 Å². The van der Waals surface area contributed by atoms with E-state index >= 15 is 0 Å². The molecule has 0 heterocycles. The van der Waals surface area contributed by atoms with Crippen LogP contribution in [0.15, 0.2) is 48.5 Å². The van der Waals surface area contributed by atoms with Gasteiger partial charge >= 0.3 is 30.0 Å². The van der Waals surface area contributed by atoms with E-state index < -0.39 is 0 Å². The number of halogens is 2. The third kappa shape index (κ3) is 5.20. The maximum absolute atomic E-state index is 6.00. The average Bonchev–Trinajstić information content (AvgIpc) is 2.41. The van der Waals surface area contributed by atoms with Gasteiger partial charge in [0.2, 0.25) is 0 Å². The van der Waals surface area contributed by atoms with Crippen LogP contribution in [0.2, 0.25) is 5.02 Å². The molecule has 84 valence electrons. The molecule has 0 atom stereocenters. The molecule has 0 saturated heterocycles. The second-order valence-electron chi connectivity index (χ2n) is 3.12. The van der Waals surface area contributed by atoms with E-state index in [2.05, 4.69) is 19.7 Å². The first kappa shape index (κ1) is 14.7. The Kier molecular flexibility index (Phi) is 7.51. The Balaban J connectivity index is 0.000000686. The zero-order valence-corrected chi connectivity index (χ0v) is 14.5. The van der Waals surface area contributed by atoms with E-state index in [0.29, 0.717) is 6.61 Å². The molecule has 4 heteroatoms. The van der Waals surface area contributed by atoms with Gasteiger partial charge in [0.05, 0.1) is 0 Å². The Morgan fingerprint density at radius 1 is 1.12 bits per heavy atom. The summed E-state index contributed by atoms with van der Waals surface area (Å²) in [6.45, 7) is 0.490. The van der Waals surface area contributed by atoms with Gasteiger partial charge in [-0.3, -0.25) is 0 Å². The Labute approximate surface area is 123 Å². The average molecular weight is 363 g/mol. The van der Waals surface area contributed by atoms with Crippen LogP contribution in [-0.2, 0) is 22.9 Å². The fraction of sp³-hybridized carbons (Fsp3) is 0.0769. The van der Waals surface area contributed by atoms with Crippen molar-refractivity contribution in [3.05, 3.63) is 65.2 Å². The van der Waals surface area contributed by atoms with Gasteiger partial charge in [0.1, 0.15) is 6.61 Å². The predicted octanol–water partition coefficient (Wildman–Crippen LogP) is 4.56. The van der Waals surface area contributed by atoms with Crippen molar-refractivity contribution in [1.29, 1.82) is 0 Å². The summed E-state index contributed by atoms with van der Waals surface area (Å²) in [6.07, 6.45) is 0. The van der Waals surface area contributed by atoms with E-state index in [1.165, 1.54) is 16.3 Å². The minimum atomic E-state index is 0.490. The molecular weight excluding hydrogens is 353 g/mol. The Hall–Kier alpha value is -0.367. The van der Waals surface area contributed by atoms with Crippen molar-refractivity contribution in [3.63, 3.8) is 0 Å². The summed E-state index contributed by atoms with van der Waals surface area (Å²) in [5.74, 6) is 0.827. The number of hydrogen-bond donors (Lipinski definition) is 0. The van der Waals surface area contributed by atoms with Gasteiger partial charge in [-0.2, -0.15) is 18.2 Å². The summed E-state index contributed by atoms with van der Waals surface area (Å²) in [4.78, 5) is 0. The van der Waals surface area contributed by atoms with Gasteiger partial charge in [-0.1, -0.05) is 29.8 Å². The molecule has 0 aliphatic rings. The summed E-state index contributed by atoms with van der Waals surface area (Å²) >= 11 is 10.3. The first-order valence-corrected chi connectivity index (χ1v) is 12.3. The minimum absolute atomic E-state index is 0.490. The van der Waals surface area contributed by atoms with Crippen molar-refractivity contribution in [1.82, 2.24) is 0 Å². The van der Waals surface area contributed by atoms with Crippen molar-refractivity contribution < 1.29 is 21.1 Å². The molecule has 2 aromatic rings. The zero-order valence-electron chi connectivity index (χ0n) is 9.20. The maximum atomic E-state index is 6.00. The molecule has 0 bridgehead atoms. The number of hydrogen-bond acceptors (Lipinski definition) is 1. The van der Waals surface area contributed by atoms with Gasteiger partial charge in [0.25, 0.3) is 0 Å². The van der Waals surface area contributed by atoms with Crippen molar-refractivity contribution in [2.75, 3.05) is 0 Å². The number of ether oxygens (including phenoxy) is 1. The normalized spacial score (nSPS) is 9.18. The van der Waals surface area contributed by atoms with Crippen LogP contribution in [0.3, 0.4) is 0 Å². The molecule has 0 radical (unpaired) electrons. The van der Waals surface area contributed by atoms with Gasteiger partial charge in [-0.05, 0) is 6.07 Å². The zero-order chi connectivity index (χ0) is 12.5. The number of benzene rings is 2. The molecule has 2 rings (SSSR count). The van der Waals surface area contributed by atoms with Gasteiger partial charge in [0.15, 0.2) is 0 Å². The molecule has 1 nitrogen and oxygen atoms in total. The molecule has 0 aromatic heterocycles. The van der Waals surface area contributed by atoms with Crippen molar-refractivity contribution >= 4 is 25.2 Å². The molecule has 0 fully saturated rings. The topological polar surface area (TPSA) is 9.23 Å². The third-order valence-corrected chi connectivity index (χ3v) is 2.41. The quantitative estimate of drug-likeness (QED) is 0.574. The first-order valence-electron chi connectivity index (χ1n) is 4.95. The summed E-state index contributed by atoms with van der Waals surface area (Å²) in [5, 5.41) is 0.736. The predicted molar refractivity (Wildman–Crippen MR) is 70.0 cm³/mol. The van der Waals surface area contributed by atoms with Crippen LogP contribution >= 0.6 is 25.2 Å². The van der Waals surface area contributed by atoms with Gasteiger partial charge < -0.3 is 4.74 Å². The van der Waals surface area contributed by atoms with Crippen LogP contribution in [-0.4, -0.2) is 0 Å². The van der Waals surface area contributed by atoms with Crippen LogP contribution in [0.4, 0.5) is 0 Å². The fourth-order valence-electron chi connectivity index (χ4n) is 1.24. The van der Waals surface area contributed by atoms with Crippen molar-refractivity contribution in [2.24, 2.45) is 0 Å². The standard InChI is InChI=1S/C13H10ClO.BrH.Zn/c14-13-9-5-4-6-11(13)10-15-12-7-2-1-3-8-12;;/h2-9H,10H2;1H;/q-1;;+2/p-1. The molecule has 2 aromatic carbocycles. The molecule has 0 spiro atoms. The summed E-state index contributed by atoms with van der Waals surface area (Å²) in [6, 6.07) is 18.0. The van der Waals surface area contributed by atoms with E-state index in [1.54, 1.807) is 0 Å². The van der Waals surface area contributed by atoms with Crippen molar-refractivity contribution in [3.8, 4) is 5.75 Å². The van der Waals surface area contributed by atoms with Crippen molar-refractivity contribution in [2.45, 2.75) is 6.61 Å². The van der Waals surface area contributed by atoms with Gasteiger partial charge in [0, 0.05) is 16.3 Å². The van der Waals surface area contributed by atoms with Gasteiger partial charge in [-0.25, -0.2) is 0 Å². The van der Waals surface area contributed by atoms with E-state index in [1.807, 2.05) is 48.5 Å². The van der Waals surface area contributed by atoms with Gasteiger partial charge in [-0.15, -0.1) is 12.1 Å². The summed E-state index contributed by atoms with van der Waals surface area (Å²) < 4.78 is 5.57. The second kappa shape index (κ2) is 8.68. The van der Waals surface area contributed by atoms with E-state index in [-0.39, 0.29) is 0 Å². The molecule has 0 aliphatic carbocycles. The Morgan fingerprint density at radius 3 is 2.41 bits per heavy atom. The third-order valence-electron chi connectivity index (χ3n) is 2.04. The summed E-state index contributed by atoms with van der Waals surface area (Å²) in [5.41, 5.74) is 0.993.